The van der Waals surface area contributed by atoms with Crippen LogP contribution >= 0.6 is 0 Å². The molecule has 2 atom stereocenters. The zero-order valence-electron chi connectivity index (χ0n) is 13.4. The third kappa shape index (κ3) is 4.05. The van der Waals surface area contributed by atoms with Crippen molar-refractivity contribution in [3.8, 4) is 0 Å². The van der Waals surface area contributed by atoms with Crippen LogP contribution in [-0.2, 0) is 11.3 Å². The number of imidazole rings is 1. The highest BCUT2D eigenvalue weighted by Gasteiger charge is 2.33. The molecule has 1 saturated carbocycles. The summed E-state index contributed by atoms with van der Waals surface area (Å²) < 4.78 is 8.29. The van der Waals surface area contributed by atoms with E-state index >= 15 is 0 Å². The second-order valence-corrected chi connectivity index (χ2v) is 5.94. The predicted octanol–water partition coefficient (Wildman–Crippen LogP) is 2.78. The van der Waals surface area contributed by atoms with Crippen LogP contribution in [0.4, 0.5) is 0 Å². The molecule has 0 amide bonds. The number of ether oxygens (including phenoxy) is 1. The molecule has 0 radical (unpaired) electrons. The third-order valence-electron chi connectivity index (χ3n) is 4.47. The highest BCUT2D eigenvalue weighted by molar-refractivity contribution is 5.03. The van der Waals surface area contributed by atoms with E-state index in [0.29, 0.717) is 12.5 Å². The van der Waals surface area contributed by atoms with Crippen LogP contribution in [0, 0.1) is 5.92 Å². The van der Waals surface area contributed by atoms with Crippen molar-refractivity contribution in [3.05, 3.63) is 18.2 Å². The molecule has 0 saturated heterocycles. The van der Waals surface area contributed by atoms with Gasteiger partial charge in [0.1, 0.15) is 11.9 Å². The second kappa shape index (κ2) is 8.51. The summed E-state index contributed by atoms with van der Waals surface area (Å²) in [6.07, 6.45) is 11.5. The quantitative estimate of drug-likeness (QED) is 0.571. The maximum absolute atomic E-state index is 6.10. The zero-order valence-corrected chi connectivity index (χ0v) is 13.4. The SMILES string of the molecule is CCCn1ccnc1C(NN)C(OCC)C1CCCCC1. The first kappa shape index (κ1) is 16.5. The van der Waals surface area contributed by atoms with Gasteiger partial charge in [-0.2, -0.15) is 0 Å². The lowest BCUT2D eigenvalue weighted by Gasteiger charge is -2.35. The lowest BCUT2D eigenvalue weighted by Crippen LogP contribution is -2.44. The minimum atomic E-state index is -0.0328. The minimum Gasteiger partial charge on any atom is -0.376 e. The number of nitrogens with zero attached hydrogens (tertiary/aromatic N) is 2. The van der Waals surface area contributed by atoms with Crippen molar-refractivity contribution >= 4 is 0 Å². The molecule has 1 aromatic rings. The van der Waals surface area contributed by atoms with Crippen molar-refractivity contribution in [1.82, 2.24) is 15.0 Å². The molecule has 0 aliphatic heterocycles. The Morgan fingerprint density at radius 2 is 2.14 bits per heavy atom. The number of rotatable bonds is 8. The van der Waals surface area contributed by atoms with Crippen molar-refractivity contribution in [2.75, 3.05) is 6.61 Å². The highest BCUT2D eigenvalue weighted by atomic mass is 16.5. The van der Waals surface area contributed by atoms with Crippen LogP contribution in [0.3, 0.4) is 0 Å². The molecule has 5 heteroatoms. The van der Waals surface area contributed by atoms with Crippen molar-refractivity contribution in [3.63, 3.8) is 0 Å². The first-order valence-electron chi connectivity index (χ1n) is 8.40. The number of nitrogens with two attached hydrogens (primary N) is 1. The summed E-state index contributed by atoms with van der Waals surface area (Å²) in [6.45, 7) is 5.92. The van der Waals surface area contributed by atoms with E-state index in [-0.39, 0.29) is 12.1 Å². The summed E-state index contributed by atoms with van der Waals surface area (Å²) >= 11 is 0. The van der Waals surface area contributed by atoms with Gasteiger partial charge in [0.05, 0.1) is 6.10 Å². The fourth-order valence-electron chi connectivity index (χ4n) is 3.51. The molecule has 5 nitrogen and oxygen atoms in total. The van der Waals surface area contributed by atoms with Gasteiger partial charge in [0, 0.05) is 25.5 Å². The predicted molar refractivity (Wildman–Crippen MR) is 84.6 cm³/mol. The second-order valence-electron chi connectivity index (χ2n) is 5.94. The van der Waals surface area contributed by atoms with Crippen molar-refractivity contribution in [1.29, 1.82) is 0 Å². The summed E-state index contributed by atoms with van der Waals surface area (Å²) in [7, 11) is 0. The van der Waals surface area contributed by atoms with Crippen molar-refractivity contribution < 1.29 is 4.74 Å². The first-order valence-corrected chi connectivity index (χ1v) is 8.40. The number of aryl methyl sites for hydroxylation is 1. The van der Waals surface area contributed by atoms with Gasteiger partial charge >= 0.3 is 0 Å². The van der Waals surface area contributed by atoms with E-state index in [1.54, 1.807) is 0 Å². The van der Waals surface area contributed by atoms with Gasteiger partial charge in [-0.3, -0.25) is 5.84 Å². The lowest BCUT2D eigenvalue weighted by atomic mass is 9.82. The number of hydrazine groups is 1. The fraction of sp³-hybridized carbons (Fsp3) is 0.812. The molecule has 1 aromatic heterocycles. The Morgan fingerprint density at radius 1 is 1.38 bits per heavy atom. The summed E-state index contributed by atoms with van der Waals surface area (Å²) in [5.74, 6) is 7.46. The standard InChI is InChI=1S/C16H30N4O/c1-3-11-20-12-10-18-16(20)14(19-17)15(21-4-2)13-8-6-5-7-9-13/h10,12-15,19H,3-9,11,17H2,1-2H3. The van der Waals surface area contributed by atoms with E-state index in [0.717, 1.165) is 18.8 Å². The van der Waals surface area contributed by atoms with Gasteiger partial charge in [-0.15, -0.1) is 0 Å². The number of hydrogen-bond acceptors (Lipinski definition) is 4. The Labute approximate surface area is 128 Å². The summed E-state index contributed by atoms with van der Waals surface area (Å²) in [6, 6.07) is -0.0328. The first-order chi connectivity index (χ1) is 10.3. The molecule has 3 N–H and O–H groups in total. The molecule has 0 bridgehead atoms. The van der Waals surface area contributed by atoms with E-state index in [2.05, 4.69) is 28.8 Å². The van der Waals surface area contributed by atoms with E-state index in [1.807, 2.05) is 12.4 Å². The van der Waals surface area contributed by atoms with Crippen LogP contribution in [0.2, 0.25) is 0 Å². The number of hydrogen-bond donors (Lipinski definition) is 2. The lowest BCUT2D eigenvalue weighted by molar-refractivity contribution is -0.0210. The Kier molecular flexibility index (Phi) is 6.67. The molecule has 21 heavy (non-hydrogen) atoms. The van der Waals surface area contributed by atoms with Crippen molar-refractivity contribution in [2.24, 2.45) is 11.8 Å². The fourth-order valence-corrected chi connectivity index (χ4v) is 3.51. The van der Waals surface area contributed by atoms with E-state index < -0.39 is 0 Å². The van der Waals surface area contributed by atoms with Crippen LogP contribution in [0.25, 0.3) is 0 Å². The average molecular weight is 294 g/mol. The van der Waals surface area contributed by atoms with Gasteiger partial charge in [-0.05, 0) is 32.1 Å². The average Bonchev–Trinajstić information content (AvgIpc) is 2.97. The van der Waals surface area contributed by atoms with E-state index in [9.17, 15) is 0 Å². The zero-order chi connectivity index (χ0) is 15.1. The summed E-state index contributed by atoms with van der Waals surface area (Å²) in [5.41, 5.74) is 2.98. The van der Waals surface area contributed by atoms with Crippen LogP contribution in [0.5, 0.6) is 0 Å². The smallest absolute Gasteiger partial charge is 0.129 e. The highest BCUT2D eigenvalue weighted by Crippen LogP contribution is 2.33. The van der Waals surface area contributed by atoms with Gasteiger partial charge in [0.2, 0.25) is 0 Å². The molecule has 0 aromatic carbocycles. The van der Waals surface area contributed by atoms with Gasteiger partial charge in [0.25, 0.3) is 0 Å². The maximum atomic E-state index is 6.10. The molecule has 120 valence electrons. The number of aromatic nitrogens is 2. The van der Waals surface area contributed by atoms with E-state index in [1.165, 1.54) is 32.1 Å². The molecular formula is C16H30N4O. The number of nitrogens with one attached hydrogen (secondary N) is 1. The molecule has 1 aliphatic carbocycles. The Hall–Kier alpha value is -0.910. The van der Waals surface area contributed by atoms with Crippen LogP contribution in [0.15, 0.2) is 12.4 Å². The van der Waals surface area contributed by atoms with Crippen LogP contribution in [0.1, 0.15) is 64.2 Å². The van der Waals surface area contributed by atoms with Crippen molar-refractivity contribution in [2.45, 2.75) is 71.1 Å². The monoisotopic (exact) mass is 294 g/mol. The Balaban J connectivity index is 2.19. The van der Waals surface area contributed by atoms with Gasteiger partial charge < -0.3 is 9.30 Å². The Morgan fingerprint density at radius 3 is 2.76 bits per heavy atom. The molecule has 1 heterocycles. The molecule has 2 rings (SSSR count). The molecule has 2 unspecified atom stereocenters. The molecular weight excluding hydrogens is 264 g/mol. The largest absolute Gasteiger partial charge is 0.376 e. The van der Waals surface area contributed by atoms with E-state index in [4.69, 9.17) is 10.6 Å². The van der Waals surface area contributed by atoms with Gasteiger partial charge in [-0.1, -0.05) is 26.2 Å². The minimum absolute atomic E-state index is 0.0328. The van der Waals surface area contributed by atoms with Gasteiger partial charge in [0.15, 0.2) is 0 Å². The van der Waals surface area contributed by atoms with Crippen LogP contribution in [-0.4, -0.2) is 22.3 Å². The van der Waals surface area contributed by atoms with Gasteiger partial charge in [-0.25, -0.2) is 10.4 Å². The maximum Gasteiger partial charge on any atom is 0.129 e. The van der Waals surface area contributed by atoms with Crippen LogP contribution < -0.4 is 11.3 Å². The summed E-state index contributed by atoms with van der Waals surface area (Å²) in [5, 5.41) is 0. The normalized spacial score (nSPS) is 19.6. The molecule has 1 aliphatic rings. The summed E-state index contributed by atoms with van der Waals surface area (Å²) in [4.78, 5) is 4.54. The molecule has 1 fully saturated rings. The third-order valence-corrected chi connectivity index (χ3v) is 4.47. The molecule has 0 spiro atoms. The Bertz CT molecular complexity index is 401. The topological polar surface area (TPSA) is 65.1 Å².